The van der Waals surface area contributed by atoms with E-state index in [1.54, 1.807) is 13.8 Å². The van der Waals surface area contributed by atoms with E-state index >= 15 is 0 Å². The van der Waals surface area contributed by atoms with Gasteiger partial charge in [0.15, 0.2) is 28.6 Å². The number of cyclic esters (lactones) is 2. The Balaban J connectivity index is 1.29. The topological polar surface area (TPSA) is 126 Å². The molecule has 0 aromatic rings. The van der Waals surface area contributed by atoms with E-state index in [0.717, 1.165) is 77.0 Å². The third-order valence-electron chi connectivity index (χ3n) is 14.8. The van der Waals surface area contributed by atoms with Crippen LogP contribution in [0.3, 0.4) is 0 Å². The predicted molar refractivity (Wildman–Crippen MR) is 255 cm³/mol. The Morgan fingerprint density at radius 2 is 0.606 bits per heavy atom. The van der Waals surface area contributed by atoms with Gasteiger partial charge in [-0.25, -0.2) is 0 Å². The van der Waals surface area contributed by atoms with Crippen LogP contribution in [0.4, 0.5) is 0 Å². The number of ether oxygens (including phenoxy) is 10. The number of carbonyl (C=O) groups is 2. The fourth-order valence-electron chi connectivity index (χ4n) is 9.62. The van der Waals surface area contributed by atoms with Crippen molar-refractivity contribution >= 4 is 11.9 Å². The molecule has 0 N–H and O–H groups in total. The van der Waals surface area contributed by atoms with Crippen LogP contribution < -0.4 is 0 Å². The largest absolute Gasteiger partial charge is 0.422 e. The van der Waals surface area contributed by atoms with E-state index in [1.807, 2.05) is 67.5 Å². The first kappa shape index (κ1) is 55.0. The van der Waals surface area contributed by atoms with Crippen LogP contribution in [0.25, 0.3) is 0 Å². The second-order valence-corrected chi connectivity index (χ2v) is 24.8. The molecule has 66 heavy (non-hydrogen) atoms. The van der Waals surface area contributed by atoms with Crippen molar-refractivity contribution in [3.8, 4) is 0 Å². The summed E-state index contributed by atoms with van der Waals surface area (Å²) in [5.41, 5.74) is -1.71. The minimum absolute atomic E-state index is 0.0563. The van der Waals surface area contributed by atoms with E-state index in [9.17, 15) is 9.59 Å². The van der Waals surface area contributed by atoms with Crippen LogP contribution in [0, 0.1) is 38.9 Å². The number of hydrogen-bond donors (Lipinski definition) is 0. The van der Waals surface area contributed by atoms with Gasteiger partial charge in [-0.2, -0.15) is 0 Å². The maximum absolute atomic E-state index is 14.1. The quantitative estimate of drug-likeness (QED) is 0.0582. The maximum atomic E-state index is 14.1. The average molecular weight is 933 g/mol. The molecule has 0 aromatic heterocycles. The lowest BCUT2D eigenvalue weighted by molar-refractivity contribution is -0.283. The highest BCUT2D eigenvalue weighted by Gasteiger charge is 2.55. The number of allylic oxidation sites excluding steroid dienone is 4. The van der Waals surface area contributed by atoms with Crippen molar-refractivity contribution in [1.29, 1.82) is 0 Å². The summed E-state index contributed by atoms with van der Waals surface area (Å²) in [5, 5.41) is 0. The highest BCUT2D eigenvalue weighted by Crippen LogP contribution is 2.42. The molecule has 0 bridgehead atoms. The molecule has 0 aromatic carbocycles. The Hall–Kier alpha value is -1.90. The molecule has 12 heteroatoms. The Labute approximate surface area is 399 Å². The lowest BCUT2D eigenvalue weighted by Crippen LogP contribution is -2.53. The van der Waals surface area contributed by atoms with Crippen molar-refractivity contribution < 1.29 is 57.0 Å². The molecule has 5 saturated heterocycles. The SMILES string of the molecule is CC1(CCCC(/C=C/CC2(C/C=C/C(CCCC3(C)COC(C)(C)OC3)CCCC3(C)COC(C)(C)OC3)C(=O)OC(C)(C)OC2=O)CCCC2(C)COC(C)(C)OC2)COC(C)(C)OC1. The van der Waals surface area contributed by atoms with Crippen LogP contribution in [0.15, 0.2) is 24.3 Å². The summed E-state index contributed by atoms with van der Waals surface area (Å²) in [6.45, 7) is 33.2. The van der Waals surface area contributed by atoms with Crippen molar-refractivity contribution in [2.45, 2.75) is 216 Å². The van der Waals surface area contributed by atoms with Gasteiger partial charge in [-0.3, -0.25) is 9.59 Å². The predicted octanol–water partition coefficient (Wildman–Crippen LogP) is 11.8. The summed E-state index contributed by atoms with van der Waals surface area (Å²) in [6.07, 6.45) is 20.7. The van der Waals surface area contributed by atoms with E-state index in [1.165, 1.54) is 0 Å². The standard InChI is InChI=1S/C54H92O12/c1-45(2)57-33-50(11,34-58-45)27-15-21-41(22-16-28-51(12)35-59-46(3,4)60-36-51)25-19-31-54(43(55)65-49(9,10)66-44(54)56)32-20-26-42(23-17-29-52(13)37-61-47(5,6)62-38-52)24-18-30-53(14)39-63-48(7,8)64-40-53/h19-20,25-26,41-42H,15-18,21-24,27-40H2,1-14H3/b25-19+,26-20+. The van der Waals surface area contributed by atoms with Crippen molar-refractivity contribution in [3.63, 3.8) is 0 Å². The second-order valence-electron chi connectivity index (χ2n) is 24.8. The minimum Gasteiger partial charge on any atom is -0.422 e. The van der Waals surface area contributed by atoms with Gasteiger partial charge in [0, 0.05) is 35.5 Å². The summed E-state index contributed by atoms with van der Waals surface area (Å²) in [7, 11) is 0. The van der Waals surface area contributed by atoms with E-state index in [2.05, 4.69) is 39.8 Å². The van der Waals surface area contributed by atoms with Crippen LogP contribution in [0.5, 0.6) is 0 Å². The monoisotopic (exact) mass is 933 g/mol. The molecule has 5 heterocycles. The molecule has 0 saturated carbocycles. The van der Waals surface area contributed by atoms with Crippen molar-refractivity contribution in [3.05, 3.63) is 24.3 Å². The van der Waals surface area contributed by atoms with Gasteiger partial charge < -0.3 is 47.4 Å². The lowest BCUT2D eigenvalue weighted by Gasteiger charge is -2.42. The summed E-state index contributed by atoms with van der Waals surface area (Å²) in [4.78, 5) is 28.2. The zero-order valence-corrected chi connectivity index (χ0v) is 43.9. The zero-order chi connectivity index (χ0) is 48.8. The molecule has 5 aliphatic heterocycles. The van der Waals surface area contributed by atoms with Gasteiger partial charge in [0.05, 0.1) is 52.9 Å². The smallest absolute Gasteiger partial charge is 0.327 e. The lowest BCUT2D eigenvalue weighted by atomic mass is 9.78. The molecule has 12 nitrogen and oxygen atoms in total. The fraction of sp³-hybridized carbons (Fsp3) is 0.889. The van der Waals surface area contributed by atoms with E-state index in [0.29, 0.717) is 52.9 Å². The molecule has 5 aliphatic rings. The Bertz CT molecular complexity index is 1420. The molecule has 0 unspecified atom stereocenters. The Morgan fingerprint density at radius 3 is 0.833 bits per heavy atom. The Kier molecular flexibility index (Phi) is 18.0. The molecule has 5 rings (SSSR count). The van der Waals surface area contributed by atoms with Gasteiger partial charge in [0.1, 0.15) is 0 Å². The number of rotatable bonds is 22. The van der Waals surface area contributed by atoms with E-state index in [4.69, 9.17) is 47.4 Å². The van der Waals surface area contributed by atoms with Gasteiger partial charge in [0.25, 0.3) is 5.79 Å². The third-order valence-corrected chi connectivity index (χ3v) is 14.8. The van der Waals surface area contributed by atoms with Gasteiger partial charge in [0.2, 0.25) is 0 Å². The highest BCUT2D eigenvalue weighted by molar-refractivity contribution is 6.02. The summed E-state index contributed by atoms with van der Waals surface area (Å²) in [6, 6.07) is 0. The highest BCUT2D eigenvalue weighted by atomic mass is 16.7. The summed E-state index contributed by atoms with van der Waals surface area (Å²) < 4.78 is 60.2. The minimum atomic E-state index is -1.49. The molecule has 0 spiro atoms. The molecule has 5 fully saturated rings. The van der Waals surface area contributed by atoms with Crippen molar-refractivity contribution in [2.24, 2.45) is 38.9 Å². The van der Waals surface area contributed by atoms with Crippen LogP contribution in [-0.4, -0.2) is 93.7 Å². The average Bonchev–Trinajstić information content (AvgIpc) is 3.21. The third kappa shape index (κ3) is 16.6. The molecule has 380 valence electrons. The molecule has 0 atom stereocenters. The molecule has 0 radical (unpaired) electrons. The van der Waals surface area contributed by atoms with Crippen LogP contribution in [0.1, 0.15) is 187 Å². The van der Waals surface area contributed by atoms with Crippen LogP contribution in [-0.2, 0) is 57.0 Å². The van der Waals surface area contributed by atoms with Gasteiger partial charge in [-0.05, 0) is 131 Å². The van der Waals surface area contributed by atoms with Gasteiger partial charge >= 0.3 is 11.9 Å². The van der Waals surface area contributed by atoms with Gasteiger partial charge in [-0.1, -0.05) is 77.7 Å². The number of esters is 2. The van der Waals surface area contributed by atoms with E-state index < -0.39 is 46.3 Å². The number of hydrogen-bond acceptors (Lipinski definition) is 12. The maximum Gasteiger partial charge on any atom is 0.327 e. The van der Waals surface area contributed by atoms with Crippen LogP contribution >= 0.6 is 0 Å². The number of carbonyl (C=O) groups excluding carboxylic acids is 2. The second kappa shape index (κ2) is 21.6. The molecule has 0 amide bonds. The molecule has 0 aliphatic carbocycles. The van der Waals surface area contributed by atoms with Crippen molar-refractivity contribution in [1.82, 2.24) is 0 Å². The first-order valence-electron chi connectivity index (χ1n) is 25.4. The molecular weight excluding hydrogens is 841 g/mol. The Morgan fingerprint density at radius 1 is 0.379 bits per heavy atom. The fourth-order valence-corrected chi connectivity index (χ4v) is 9.62. The van der Waals surface area contributed by atoms with E-state index in [-0.39, 0.29) is 46.3 Å². The normalized spacial score (nSPS) is 27.0. The summed E-state index contributed by atoms with van der Waals surface area (Å²) >= 11 is 0. The van der Waals surface area contributed by atoms with Crippen molar-refractivity contribution in [2.75, 3.05) is 52.9 Å². The zero-order valence-electron chi connectivity index (χ0n) is 43.9. The summed E-state index contributed by atoms with van der Waals surface area (Å²) in [5.74, 6) is -4.14. The van der Waals surface area contributed by atoms with Crippen LogP contribution in [0.2, 0.25) is 0 Å². The first-order chi connectivity index (χ1) is 30.5. The first-order valence-corrected chi connectivity index (χ1v) is 25.4. The molecular formula is C54H92O12. The van der Waals surface area contributed by atoms with Gasteiger partial charge in [-0.15, -0.1) is 0 Å².